The molecule has 1 rings (SSSR count). The maximum atomic E-state index is 13.3. The third-order valence-electron chi connectivity index (χ3n) is 3.39. The van der Waals surface area contributed by atoms with E-state index in [1.165, 1.54) is 12.1 Å². The van der Waals surface area contributed by atoms with Gasteiger partial charge in [-0.2, -0.15) is 0 Å². The van der Waals surface area contributed by atoms with Crippen LogP contribution in [0.3, 0.4) is 0 Å². The standard InChI is InChI=1S/C15H24FNO/c1-5-11(3)10-17(6-2)15-8-7-13(16)9-14(15)12(4)18/h7-9,11-12,18H,5-6,10H2,1-4H3/t11?,12-/m1/s1. The van der Waals surface area contributed by atoms with Gasteiger partial charge >= 0.3 is 0 Å². The number of hydrogen-bond acceptors (Lipinski definition) is 2. The summed E-state index contributed by atoms with van der Waals surface area (Å²) in [6, 6.07) is 4.66. The summed E-state index contributed by atoms with van der Waals surface area (Å²) >= 11 is 0. The molecule has 1 N–H and O–H groups in total. The first-order chi connectivity index (χ1) is 8.49. The fraction of sp³-hybridized carbons (Fsp3) is 0.600. The van der Waals surface area contributed by atoms with Gasteiger partial charge in [0.05, 0.1) is 6.10 Å². The molecule has 102 valence electrons. The van der Waals surface area contributed by atoms with Crippen molar-refractivity contribution in [2.45, 2.75) is 40.2 Å². The largest absolute Gasteiger partial charge is 0.389 e. The molecule has 1 aromatic carbocycles. The van der Waals surface area contributed by atoms with Gasteiger partial charge in [0.15, 0.2) is 0 Å². The Balaban J connectivity index is 3.04. The minimum atomic E-state index is -0.651. The zero-order chi connectivity index (χ0) is 13.7. The minimum absolute atomic E-state index is 0.297. The molecule has 0 heterocycles. The zero-order valence-corrected chi connectivity index (χ0v) is 11.8. The fourth-order valence-electron chi connectivity index (χ4n) is 2.05. The van der Waals surface area contributed by atoms with Crippen LogP contribution in [0.4, 0.5) is 10.1 Å². The van der Waals surface area contributed by atoms with E-state index in [-0.39, 0.29) is 5.82 Å². The number of aliphatic hydroxyl groups is 1. The molecule has 0 fully saturated rings. The van der Waals surface area contributed by atoms with Crippen LogP contribution in [0.1, 0.15) is 45.8 Å². The molecule has 2 atom stereocenters. The van der Waals surface area contributed by atoms with Crippen molar-refractivity contribution in [3.05, 3.63) is 29.6 Å². The van der Waals surface area contributed by atoms with Crippen molar-refractivity contribution in [1.29, 1.82) is 0 Å². The Morgan fingerprint density at radius 1 is 1.28 bits per heavy atom. The molecule has 0 saturated heterocycles. The van der Waals surface area contributed by atoms with Crippen LogP contribution in [0.25, 0.3) is 0 Å². The number of anilines is 1. The summed E-state index contributed by atoms with van der Waals surface area (Å²) in [5.41, 5.74) is 1.61. The SMILES string of the molecule is CCC(C)CN(CC)c1ccc(F)cc1[C@@H](C)O. The van der Waals surface area contributed by atoms with Gasteiger partial charge in [0.1, 0.15) is 5.82 Å². The Hall–Kier alpha value is -1.09. The van der Waals surface area contributed by atoms with Crippen molar-refractivity contribution in [2.75, 3.05) is 18.0 Å². The summed E-state index contributed by atoms with van der Waals surface area (Å²) in [4.78, 5) is 2.20. The molecule has 0 saturated carbocycles. The number of nitrogens with zero attached hydrogens (tertiary/aromatic N) is 1. The predicted octanol–water partition coefficient (Wildman–Crippen LogP) is 3.75. The van der Waals surface area contributed by atoms with Crippen LogP contribution in [-0.2, 0) is 0 Å². The van der Waals surface area contributed by atoms with E-state index in [0.717, 1.165) is 25.2 Å². The molecular weight excluding hydrogens is 229 g/mol. The van der Waals surface area contributed by atoms with E-state index in [0.29, 0.717) is 11.5 Å². The van der Waals surface area contributed by atoms with Gasteiger partial charge in [-0.05, 0) is 38.0 Å². The van der Waals surface area contributed by atoms with E-state index < -0.39 is 6.10 Å². The van der Waals surface area contributed by atoms with Crippen LogP contribution in [0.15, 0.2) is 18.2 Å². The quantitative estimate of drug-likeness (QED) is 0.834. The number of benzene rings is 1. The van der Waals surface area contributed by atoms with Gasteiger partial charge in [-0.3, -0.25) is 0 Å². The summed E-state index contributed by atoms with van der Waals surface area (Å²) in [6.07, 6.45) is 0.462. The van der Waals surface area contributed by atoms with Crippen molar-refractivity contribution >= 4 is 5.69 Å². The van der Waals surface area contributed by atoms with E-state index in [1.807, 2.05) is 0 Å². The summed E-state index contributed by atoms with van der Waals surface area (Å²) in [5.74, 6) is 0.283. The molecular formula is C15H24FNO. The molecule has 0 amide bonds. The summed E-state index contributed by atoms with van der Waals surface area (Å²) in [5, 5.41) is 9.77. The van der Waals surface area contributed by atoms with Crippen molar-refractivity contribution < 1.29 is 9.50 Å². The maximum absolute atomic E-state index is 13.3. The van der Waals surface area contributed by atoms with Crippen LogP contribution < -0.4 is 4.90 Å². The minimum Gasteiger partial charge on any atom is -0.389 e. The fourth-order valence-corrected chi connectivity index (χ4v) is 2.05. The molecule has 0 radical (unpaired) electrons. The lowest BCUT2D eigenvalue weighted by atomic mass is 10.0. The average molecular weight is 253 g/mol. The molecule has 2 nitrogen and oxygen atoms in total. The summed E-state index contributed by atoms with van der Waals surface area (Å²) in [7, 11) is 0. The second-order valence-electron chi connectivity index (χ2n) is 4.93. The highest BCUT2D eigenvalue weighted by atomic mass is 19.1. The van der Waals surface area contributed by atoms with E-state index in [4.69, 9.17) is 0 Å². The second kappa shape index (κ2) is 6.74. The molecule has 0 aliphatic heterocycles. The highest BCUT2D eigenvalue weighted by molar-refractivity contribution is 5.54. The van der Waals surface area contributed by atoms with Crippen LogP contribution in [0.2, 0.25) is 0 Å². The molecule has 1 aromatic rings. The van der Waals surface area contributed by atoms with Gasteiger partial charge in [0.2, 0.25) is 0 Å². The van der Waals surface area contributed by atoms with Crippen LogP contribution in [0.5, 0.6) is 0 Å². The lowest BCUT2D eigenvalue weighted by molar-refractivity contribution is 0.199. The van der Waals surface area contributed by atoms with Gasteiger partial charge in [-0.15, -0.1) is 0 Å². The van der Waals surface area contributed by atoms with Crippen molar-refractivity contribution in [3.8, 4) is 0 Å². The highest BCUT2D eigenvalue weighted by Crippen LogP contribution is 2.28. The Kier molecular flexibility index (Phi) is 5.60. The van der Waals surface area contributed by atoms with Crippen molar-refractivity contribution in [2.24, 2.45) is 5.92 Å². The molecule has 0 spiro atoms. The van der Waals surface area contributed by atoms with E-state index in [1.54, 1.807) is 13.0 Å². The summed E-state index contributed by atoms with van der Waals surface area (Å²) < 4.78 is 13.3. The van der Waals surface area contributed by atoms with E-state index >= 15 is 0 Å². The second-order valence-corrected chi connectivity index (χ2v) is 4.93. The molecule has 1 unspecified atom stereocenters. The predicted molar refractivity (Wildman–Crippen MR) is 74.4 cm³/mol. The van der Waals surface area contributed by atoms with E-state index in [9.17, 15) is 9.50 Å². The number of aliphatic hydroxyl groups excluding tert-OH is 1. The lowest BCUT2D eigenvalue weighted by Gasteiger charge is -2.29. The first-order valence-corrected chi connectivity index (χ1v) is 6.72. The molecule has 0 bridgehead atoms. The average Bonchev–Trinajstić information content (AvgIpc) is 2.35. The van der Waals surface area contributed by atoms with Gasteiger partial charge in [0.25, 0.3) is 0 Å². The third-order valence-corrected chi connectivity index (χ3v) is 3.39. The van der Waals surface area contributed by atoms with Gasteiger partial charge in [-0.1, -0.05) is 20.3 Å². The maximum Gasteiger partial charge on any atom is 0.123 e. The van der Waals surface area contributed by atoms with Gasteiger partial charge < -0.3 is 10.0 Å². The zero-order valence-electron chi connectivity index (χ0n) is 11.8. The molecule has 3 heteroatoms. The Bertz CT molecular complexity index is 379. The normalized spacial score (nSPS) is 14.3. The monoisotopic (exact) mass is 253 g/mol. The first kappa shape index (κ1) is 15.0. The molecule has 0 aliphatic carbocycles. The Morgan fingerprint density at radius 3 is 2.44 bits per heavy atom. The van der Waals surface area contributed by atoms with E-state index in [2.05, 4.69) is 25.7 Å². The third kappa shape index (κ3) is 3.70. The van der Waals surface area contributed by atoms with Crippen LogP contribution in [0, 0.1) is 11.7 Å². The van der Waals surface area contributed by atoms with Crippen molar-refractivity contribution in [1.82, 2.24) is 0 Å². The van der Waals surface area contributed by atoms with Crippen molar-refractivity contribution in [3.63, 3.8) is 0 Å². The molecule has 0 aromatic heterocycles. The number of hydrogen-bond donors (Lipinski definition) is 1. The Labute approximate surface area is 109 Å². The Morgan fingerprint density at radius 2 is 1.94 bits per heavy atom. The van der Waals surface area contributed by atoms with Gasteiger partial charge in [0, 0.05) is 24.3 Å². The van der Waals surface area contributed by atoms with Gasteiger partial charge in [-0.25, -0.2) is 4.39 Å². The first-order valence-electron chi connectivity index (χ1n) is 6.72. The van der Waals surface area contributed by atoms with Crippen LogP contribution >= 0.6 is 0 Å². The number of rotatable bonds is 6. The smallest absolute Gasteiger partial charge is 0.123 e. The number of halogens is 1. The topological polar surface area (TPSA) is 23.5 Å². The van der Waals surface area contributed by atoms with Crippen LogP contribution in [-0.4, -0.2) is 18.2 Å². The molecule has 0 aliphatic rings. The lowest BCUT2D eigenvalue weighted by Crippen LogP contribution is -2.29. The molecule has 18 heavy (non-hydrogen) atoms. The highest BCUT2D eigenvalue weighted by Gasteiger charge is 2.15. The summed E-state index contributed by atoms with van der Waals surface area (Å²) in [6.45, 7) is 9.91.